The summed E-state index contributed by atoms with van der Waals surface area (Å²) in [5.41, 5.74) is 3.86. The van der Waals surface area contributed by atoms with E-state index in [4.69, 9.17) is 14.3 Å². The molecular weight excluding hydrogens is 316 g/mol. The number of fused-ring (bicyclic) bond motifs is 1. The maximum Gasteiger partial charge on any atom is 0.371 e. The van der Waals surface area contributed by atoms with E-state index in [0.717, 1.165) is 11.3 Å². The Labute approximate surface area is 148 Å². The summed E-state index contributed by atoms with van der Waals surface area (Å²) in [6.07, 6.45) is 0. The van der Waals surface area contributed by atoms with Crippen LogP contribution in [-0.2, 0) is 5.41 Å². The first kappa shape index (κ1) is 17.6. The Bertz CT molecular complexity index is 813. The second-order valence-electron chi connectivity index (χ2n) is 8.01. The van der Waals surface area contributed by atoms with Gasteiger partial charge in [-0.1, -0.05) is 40.7 Å². The molecule has 3 rings (SSSR count). The van der Waals surface area contributed by atoms with Gasteiger partial charge in [0.15, 0.2) is 0 Å². The number of furan rings is 1. The zero-order chi connectivity index (χ0) is 18.5. The van der Waals surface area contributed by atoms with Gasteiger partial charge >= 0.3 is 5.97 Å². The number of carboxylic acid groups (broad SMARTS) is 1. The maximum absolute atomic E-state index is 11.0. The first-order valence-electron chi connectivity index (χ1n) is 8.79. The number of carboxylic acids is 1. The lowest BCUT2D eigenvalue weighted by atomic mass is 9.74. The summed E-state index contributed by atoms with van der Waals surface area (Å²) < 4.78 is 11.1. The van der Waals surface area contributed by atoms with E-state index in [-0.39, 0.29) is 17.1 Å². The predicted octanol–water partition coefficient (Wildman–Crippen LogP) is 5.75. The van der Waals surface area contributed by atoms with E-state index in [1.165, 1.54) is 17.2 Å². The van der Waals surface area contributed by atoms with Crippen LogP contribution >= 0.6 is 0 Å². The largest absolute Gasteiger partial charge is 0.475 e. The lowest BCUT2D eigenvalue weighted by Crippen LogP contribution is -2.25. The van der Waals surface area contributed by atoms with E-state index in [2.05, 4.69) is 46.8 Å². The van der Waals surface area contributed by atoms with Crippen LogP contribution in [0.25, 0.3) is 0 Å². The summed E-state index contributed by atoms with van der Waals surface area (Å²) in [4.78, 5) is 11.0. The number of benzene rings is 1. The molecule has 1 N–H and O–H groups in total. The zero-order valence-corrected chi connectivity index (χ0v) is 15.7. The van der Waals surface area contributed by atoms with Crippen molar-refractivity contribution in [1.29, 1.82) is 0 Å². The average molecular weight is 342 g/mol. The molecule has 1 aliphatic carbocycles. The maximum atomic E-state index is 11.0. The van der Waals surface area contributed by atoms with Gasteiger partial charge in [-0.05, 0) is 58.9 Å². The molecule has 0 radical (unpaired) electrons. The van der Waals surface area contributed by atoms with Gasteiger partial charge in [-0.15, -0.1) is 0 Å². The van der Waals surface area contributed by atoms with E-state index in [1.54, 1.807) is 6.07 Å². The monoisotopic (exact) mass is 342 g/mol. The van der Waals surface area contributed by atoms with Crippen molar-refractivity contribution in [2.45, 2.75) is 52.9 Å². The Morgan fingerprint density at radius 3 is 2.52 bits per heavy atom. The van der Waals surface area contributed by atoms with Gasteiger partial charge in [-0.2, -0.15) is 0 Å². The van der Waals surface area contributed by atoms with Crippen LogP contribution in [0.15, 0.2) is 28.7 Å². The highest BCUT2D eigenvalue weighted by molar-refractivity contribution is 5.84. The molecule has 0 aliphatic heterocycles. The van der Waals surface area contributed by atoms with Gasteiger partial charge in [0.2, 0.25) is 5.76 Å². The summed E-state index contributed by atoms with van der Waals surface area (Å²) in [5, 5.41) is 8.98. The molecule has 0 bridgehead atoms. The van der Waals surface area contributed by atoms with Gasteiger partial charge in [0.1, 0.15) is 5.75 Å². The van der Waals surface area contributed by atoms with Crippen LogP contribution in [0.4, 0.5) is 0 Å². The van der Waals surface area contributed by atoms with Crippen LogP contribution in [0.5, 0.6) is 11.7 Å². The molecule has 25 heavy (non-hydrogen) atoms. The minimum absolute atomic E-state index is 0.120. The Balaban J connectivity index is 2.02. The van der Waals surface area contributed by atoms with Gasteiger partial charge in [-0.25, -0.2) is 4.79 Å². The first-order chi connectivity index (χ1) is 11.6. The first-order valence-corrected chi connectivity index (χ1v) is 8.79. The molecule has 4 heteroatoms. The molecule has 2 aromatic rings. The molecule has 4 nitrogen and oxygen atoms in total. The van der Waals surface area contributed by atoms with E-state index in [0.29, 0.717) is 17.8 Å². The zero-order valence-electron chi connectivity index (χ0n) is 15.7. The van der Waals surface area contributed by atoms with Crippen LogP contribution < -0.4 is 4.74 Å². The number of hydrogen-bond acceptors (Lipinski definition) is 3. The van der Waals surface area contributed by atoms with Crippen molar-refractivity contribution in [3.8, 4) is 11.7 Å². The molecule has 0 spiro atoms. The minimum atomic E-state index is -1.10. The third kappa shape index (κ3) is 2.84. The second-order valence-corrected chi connectivity index (χ2v) is 8.01. The Hall–Kier alpha value is -2.23. The van der Waals surface area contributed by atoms with Crippen LogP contribution in [0.2, 0.25) is 0 Å². The summed E-state index contributed by atoms with van der Waals surface area (Å²) in [6.45, 7) is 13.5. The average Bonchev–Trinajstić information content (AvgIpc) is 3.04. The normalized spacial score (nSPS) is 21.4. The van der Waals surface area contributed by atoms with Crippen molar-refractivity contribution < 1.29 is 19.1 Å². The highest BCUT2D eigenvalue weighted by atomic mass is 16.6. The third-order valence-corrected chi connectivity index (χ3v) is 5.80. The molecule has 134 valence electrons. The van der Waals surface area contributed by atoms with E-state index in [9.17, 15) is 4.79 Å². The third-order valence-electron chi connectivity index (χ3n) is 5.80. The molecular formula is C21H26O4. The van der Waals surface area contributed by atoms with Crippen LogP contribution in [0.1, 0.15) is 67.8 Å². The molecule has 0 saturated heterocycles. The fourth-order valence-electron chi connectivity index (χ4n) is 4.15. The Kier molecular flexibility index (Phi) is 4.18. The second kappa shape index (κ2) is 5.94. The van der Waals surface area contributed by atoms with Crippen LogP contribution in [-0.4, -0.2) is 11.1 Å². The van der Waals surface area contributed by atoms with Crippen molar-refractivity contribution in [3.63, 3.8) is 0 Å². The van der Waals surface area contributed by atoms with Crippen LogP contribution in [0, 0.1) is 18.8 Å². The molecule has 1 aromatic heterocycles. The van der Waals surface area contributed by atoms with Crippen molar-refractivity contribution >= 4 is 5.97 Å². The van der Waals surface area contributed by atoms with Crippen molar-refractivity contribution in [2.75, 3.05) is 0 Å². The summed E-state index contributed by atoms with van der Waals surface area (Å²) in [6, 6.07) is 7.28. The molecule has 1 heterocycles. The van der Waals surface area contributed by atoms with Gasteiger partial charge in [-0.3, -0.25) is 0 Å². The minimum Gasteiger partial charge on any atom is -0.475 e. The number of carbonyl (C=O) groups is 1. The summed E-state index contributed by atoms with van der Waals surface area (Å²) >= 11 is 0. The van der Waals surface area contributed by atoms with E-state index in [1.807, 2.05) is 6.92 Å². The highest BCUT2D eigenvalue weighted by Gasteiger charge is 2.45. The van der Waals surface area contributed by atoms with E-state index >= 15 is 0 Å². The Morgan fingerprint density at radius 1 is 1.28 bits per heavy atom. The smallest absolute Gasteiger partial charge is 0.371 e. The fourth-order valence-corrected chi connectivity index (χ4v) is 4.15. The van der Waals surface area contributed by atoms with Crippen LogP contribution in [0.3, 0.4) is 0 Å². The lowest BCUT2D eigenvalue weighted by molar-refractivity contribution is 0.0657. The van der Waals surface area contributed by atoms with Crippen molar-refractivity contribution in [2.24, 2.45) is 11.8 Å². The molecule has 1 aliphatic rings. The number of hydrogen-bond donors (Lipinski definition) is 1. The standard InChI is InChI=1S/C21H26O4/c1-11(2)19-13(4)21(5,6)15-9-12(3)17(10-14(15)19)25-18-8-7-16(24-18)20(22)23/h7-11,13,19H,1-6H3,(H,22,23). The topological polar surface area (TPSA) is 59.7 Å². The van der Waals surface area contributed by atoms with Gasteiger partial charge < -0.3 is 14.3 Å². The number of ether oxygens (including phenoxy) is 1. The summed E-state index contributed by atoms with van der Waals surface area (Å²) in [7, 11) is 0. The molecule has 0 fully saturated rings. The molecule has 0 saturated carbocycles. The number of aryl methyl sites for hydroxylation is 1. The fraction of sp³-hybridized carbons (Fsp3) is 0.476. The van der Waals surface area contributed by atoms with Gasteiger partial charge in [0.25, 0.3) is 5.95 Å². The number of aromatic carboxylic acids is 1. The Morgan fingerprint density at radius 2 is 1.96 bits per heavy atom. The van der Waals surface area contributed by atoms with E-state index < -0.39 is 5.97 Å². The molecule has 1 aromatic carbocycles. The molecule has 2 unspecified atom stereocenters. The summed E-state index contributed by atoms with van der Waals surface area (Å²) in [5.74, 6) is 1.25. The van der Waals surface area contributed by atoms with Crippen molar-refractivity contribution in [1.82, 2.24) is 0 Å². The number of rotatable bonds is 4. The molecule has 2 atom stereocenters. The SMILES string of the molecule is Cc1cc2c(cc1Oc1ccc(C(=O)O)o1)C(C(C)C)C(C)C2(C)C. The molecule has 0 amide bonds. The predicted molar refractivity (Wildman–Crippen MR) is 96.7 cm³/mol. The quantitative estimate of drug-likeness (QED) is 0.769. The van der Waals surface area contributed by atoms with Crippen molar-refractivity contribution in [3.05, 3.63) is 46.7 Å². The highest BCUT2D eigenvalue weighted by Crippen LogP contribution is 2.54. The van der Waals surface area contributed by atoms with Gasteiger partial charge in [0, 0.05) is 6.07 Å². The van der Waals surface area contributed by atoms with Gasteiger partial charge in [0.05, 0.1) is 0 Å². The lowest BCUT2D eigenvalue weighted by Gasteiger charge is -2.30.